The molecule has 12 atom stereocenters. The summed E-state index contributed by atoms with van der Waals surface area (Å²) in [6.07, 6.45) is -9.13. The zero-order valence-corrected chi connectivity index (χ0v) is 63.0. The molecular formula is C73H114F6N12O14. The molecule has 12 amide bonds. The highest BCUT2D eigenvalue weighted by atomic mass is 19.4. The molecule has 8 fully saturated rings. The fourth-order valence-corrected chi connectivity index (χ4v) is 17.0. The standard InChI is InChI=1S/C73H114F6N12O14/c1-11-43(3)61-69(101)84(6)42-59(94)86(8)53-21-14-13-17-30-90(68(53)100)56(37-45-22-25-48(74)26-23-45)66(98)83(5)41-57(92)80-52(27-24-46-35-50(75)60(51(76)36-46)73(77,78)79)65(97)91-40-49(105-12-2)38-54(91)64(96)82-72(28-18-29-72)71(103)88(10)62(47-19-15-16-20-47)70(102)87(9)55(67(99)89-31-33-104-34-32-89)39-58(93)85(7)44(4)63(95)81-61/h43-56,60-62H,11-42H2,1-10H3,(H,80,92)(H,81,95)(H,82,96)/t43-,44-,45?,46?,48?,49+,50?,51?,52-,53-,54-,55-,56-,60?,61-,62-/m0/s1. The fourth-order valence-electron chi connectivity index (χ4n) is 17.0. The van der Waals surface area contributed by atoms with Crippen molar-refractivity contribution in [3.8, 4) is 0 Å². The first-order valence-electron chi connectivity index (χ1n) is 38.2. The van der Waals surface area contributed by atoms with Crippen LogP contribution >= 0.6 is 0 Å². The highest BCUT2D eigenvalue weighted by Gasteiger charge is 2.56. The van der Waals surface area contributed by atoms with E-state index in [1.807, 2.05) is 0 Å². The summed E-state index contributed by atoms with van der Waals surface area (Å²) in [4.78, 5) is 192. The number of hydrogen-bond donors (Lipinski definition) is 3. The van der Waals surface area contributed by atoms with Crippen molar-refractivity contribution in [3.05, 3.63) is 0 Å². The van der Waals surface area contributed by atoms with E-state index in [2.05, 4.69) is 16.0 Å². The van der Waals surface area contributed by atoms with Crippen molar-refractivity contribution in [2.45, 2.75) is 260 Å². The number of ether oxygens (including phenoxy) is 2. The second-order valence-electron chi connectivity index (χ2n) is 31.1. The summed E-state index contributed by atoms with van der Waals surface area (Å²) < 4.78 is 99.1. The Morgan fingerprint density at radius 2 is 1.26 bits per heavy atom. The van der Waals surface area contributed by atoms with E-state index in [9.17, 15) is 46.3 Å². The van der Waals surface area contributed by atoms with Gasteiger partial charge in [-0.3, -0.25) is 57.5 Å². The van der Waals surface area contributed by atoms with Crippen molar-refractivity contribution in [1.29, 1.82) is 0 Å². The normalized spacial score (nSPS) is 33.1. The molecule has 0 aromatic heterocycles. The van der Waals surface area contributed by atoms with E-state index in [4.69, 9.17) is 9.47 Å². The molecule has 4 saturated heterocycles. The Kier molecular flexibility index (Phi) is 29.4. The van der Waals surface area contributed by atoms with Crippen LogP contribution in [0.2, 0.25) is 0 Å². The van der Waals surface area contributed by atoms with Crippen LogP contribution in [0.3, 0.4) is 0 Å². The number of nitrogens with one attached hydrogen (secondary N) is 3. The summed E-state index contributed by atoms with van der Waals surface area (Å²) in [7, 11) is 8.24. The number of halogens is 6. The largest absolute Gasteiger partial charge is 0.397 e. The molecule has 2 bridgehead atoms. The average Bonchev–Trinajstić information content (AvgIpc) is 1.72. The predicted molar refractivity (Wildman–Crippen MR) is 371 cm³/mol. The number of amides is 12. The van der Waals surface area contributed by atoms with Crippen molar-refractivity contribution >= 4 is 70.9 Å². The van der Waals surface area contributed by atoms with E-state index in [1.54, 1.807) is 20.8 Å². The highest BCUT2D eigenvalue weighted by Crippen LogP contribution is 2.45. The molecule has 4 aliphatic carbocycles. The van der Waals surface area contributed by atoms with Crippen LogP contribution in [0.5, 0.6) is 0 Å². The van der Waals surface area contributed by atoms with Gasteiger partial charge in [0, 0.05) is 81.5 Å². The number of alkyl halides is 6. The monoisotopic (exact) mass is 1500 g/mol. The van der Waals surface area contributed by atoms with Gasteiger partial charge >= 0.3 is 6.18 Å². The van der Waals surface area contributed by atoms with Crippen LogP contribution in [0.15, 0.2) is 0 Å². The Hall–Kier alpha value is -6.86. The van der Waals surface area contributed by atoms with Crippen LogP contribution in [0, 0.1) is 29.6 Å². The highest BCUT2D eigenvalue weighted by molar-refractivity contribution is 6.01. The van der Waals surface area contributed by atoms with E-state index in [0.29, 0.717) is 70.6 Å². The van der Waals surface area contributed by atoms with E-state index >= 15 is 37.5 Å². The average molecular weight is 1500 g/mol. The van der Waals surface area contributed by atoms with Gasteiger partial charge in [0.25, 0.3) is 0 Å². The minimum Gasteiger partial charge on any atom is -0.378 e. The number of carbonyl (C=O) groups excluding carboxylic acids is 12. The lowest BCUT2D eigenvalue weighted by Gasteiger charge is -2.47. The fraction of sp³-hybridized carbons (Fsp3) is 0.836. The van der Waals surface area contributed by atoms with Gasteiger partial charge in [-0.25, -0.2) is 13.2 Å². The SMILES string of the molecule is CCO[C@@H]1C[C@H]2C(=O)NC3(CCC3)C(=O)N(C)[C@@H](C3CCCC3)C(=O)N(C)[C@H](C(=O)N3CCOCC3)CC(=O)N(C)[C@@H](C)C(=O)N[C@@H]([C@@H](C)CC)C(=O)N(C)CC(=O)N(C)[C@H]3CCCCCN(C3=O)[C@@H](CC3CCC(F)CC3)C(=O)N(C)CC(=O)N[C@@H](CCC3CC(F)C(C(F)(F)F)C(F)C3)C(=O)N2C1. The molecule has 4 aliphatic heterocycles. The Bertz CT molecular complexity index is 3090. The van der Waals surface area contributed by atoms with E-state index in [1.165, 1.54) is 68.8 Å². The molecule has 1 spiro atoms. The molecule has 0 aromatic rings. The number of morpholine rings is 1. The predicted octanol–water partition coefficient (Wildman–Crippen LogP) is 4.48. The van der Waals surface area contributed by atoms with Gasteiger partial charge in [0.2, 0.25) is 70.9 Å². The summed E-state index contributed by atoms with van der Waals surface area (Å²) in [5, 5.41) is 8.45. The Morgan fingerprint density at radius 3 is 1.86 bits per heavy atom. The van der Waals surface area contributed by atoms with Crippen molar-refractivity contribution in [3.63, 3.8) is 0 Å². The van der Waals surface area contributed by atoms with Gasteiger partial charge in [-0.05, 0) is 140 Å². The van der Waals surface area contributed by atoms with E-state index in [-0.39, 0.29) is 103 Å². The van der Waals surface area contributed by atoms with E-state index in [0.717, 1.165) is 24.5 Å². The summed E-state index contributed by atoms with van der Waals surface area (Å²) >= 11 is 0. The lowest BCUT2D eigenvalue weighted by atomic mass is 9.74. The van der Waals surface area contributed by atoms with Crippen LogP contribution in [0.1, 0.15) is 175 Å². The third-order valence-electron chi connectivity index (χ3n) is 24.1. The van der Waals surface area contributed by atoms with Gasteiger partial charge < -0.3 is 69.5 Å². The first kappa shape index (κ1) is 83.8. The van der Waals surface area contributed by atoms with Gasteiger partial charge in [0.1, 0.15) is 78.3 Å². The molecule has 4 heterocycles. The Morgan fingerprint density at radius 1 is 0.629 bits per heavy atom. The molecule has 4 saturated carbocycles. The number of nitrogens with zero attached hydrogens (tertiary/aromatic N) is 9. The zero-order chi connectivity index (χ0) is 77.1. The number of rotatable bonds is 11. The van der Waals surface area contributed by atoms with Gasteiger partial charge in [-0.15, -0.1) is 0 Å². The first-order valence-corrected chi connectivity index (χ1v) is 38.2. The second kappa shape index (κ2) is 36.8. The summed E-state index contributed by atoms with van der Waals surface area (Å²) in [5.41, 5.74) is -1.66. The number of likely N-dealkylation sites (N-methyl/N-ethyl adjacent to an activating group) is 6. The van der Waals surface area contributed by atoms with Crippen LogP contribution in [-0.4, -0.2) is 301 Å². The molecule has 8 rings (SSSR count). The van der Waals surface area contributed by atoms with Crippen LogP contribution in [0.4, 0.5) is 26.3 Å². The maximum absolute atomic E-state index is 15.6. The van der Waals surface area contributed by atoms with Crippen molar-refractivity contribution < 1.29 is 93.4 Å². The number of fused-ring (bicyclic) bond motifs is 3. The maximum Gasteiger partial charge on any atom is 0.397 e. The molecule has 0 aromatic carbocycles. The Balaban J connectivity index is 1.18. The third kappa shape index (κ3) is 20.1. The topological polar surface area (TPSA) is 289 Å². The Labute approximate surface area is 613 Å². The van der Waals surface area contributed by atoms with E-state index < -0.39 is 218 Å². The molecular weight excluding hydrogens is 1380 g/mol. The third-order valence-corrected chi connectivity index (χ3v) is 24.1. The number of hydrogen-bond acceptors (Lipinski definition) is 14. The second-order valence-corrected chi connectivity index (χ2v) is 31.1. The lowest BCUT2D eigenvalue weighted by molar-refractivity contribution is -0.219. The van der Waals surface area contributed by atoms with Crippen molar-refractivity contribution in [1.82, 2.24) is 60.0 Å². The molecule has 0 radical (unpaired) electrons. The maximum atomic E-state index is 15.6. The van der Waals surface area contributed by atoms with Crippen molar-refractivity contribution in [2.24, 2.45) is 29.6 Å². The molecule has 26 nitrogen and oxygen atoms in total. The summed E-state index contributed by atoms with van der Waals surface area (Å²) in [5.74, 6) is -14.0. The van der Waals surface area contributed by atoms with Gasteiger partial charge in [-0.2, -0.15) is 13.2 Å². The molecule has 3 N–H and O–H groups in total. The van der Waals surface area contributed by atoms with Crippen LogP contribution in [-0.2, 0) is 67.0 Å². The molecule has 105 heavy (non-hydrogen) atoms. The van der Waals surface area contributed by atoms with Crippen molar-refractivity contribution in [2.75, 3.05) is 101 Å². The van der Waals surface area contributed by atoms with Gasteiger partial charge in [-0.1, -0.05) is 46.0 Å². The van der Waals surface area contributed by atoms with Crippen LogP contribution < -0.4 is 16.0 Å². The van der Waals surface area contributed by atoms with Gasteiger partial charge in [0.05, 0.1) is 38.8 Å². The minimum absolute atomic E-state index is 0.0330. The lowest BCUT2D eigenvalue weighted by Crippen LogP contribution is -2.68. The molecule has 2 unspecified atom stereocenters. The van der Waals surface area contributed by atoms with Crippen LogP contribution in [0.25, 0.3) is 0 Å². The first-order chi connectivity index (χ1) is 49.6. The quantitative estimate of drug-likeness (QED) is 0.241. The summed E-state index contributed by atoms with van der Waals surface area (Å²) in [6.45, 7) is 5.77. The molecule has 8 aliphatic rings. The molecule has 592 valence electrons. The number of carbonyl (C=O) groups is 12. The molecule has 32 heteroatoms. The minimum atomic E-state index is -5.19. The van der Waals surface area contributed by atoms with Gasteiger partial charge in [0.15, 0.2) is 0 Å². The zero-order valence-electron chi connectivity index (χ0n) is 63.0. The smallest absolute Gasteiger partial charge is 0.378 e. The summed E-state index contributed by atoms with van der Waals surface area (Å²) in [6, 6.07) is -10.8.